The molecule has 1 unspecified atom stereocenters. The molecule has 3 aromatic carbocycles. The Morgan fingerprint density at radius 2 is 1.71 bits per heavy atom. The number of anilines is 1. The third-order valence-electron chi connectivity index (χ3n) is 5.37. The van der Waals surface area contributed by atoms with Gasteiger partial charge in [-0.25, -0.2) is 4.39 Å². The van der Waals surface area contributed by atoms with Gasteiger partial charge in [-0.1, -0.05) is 28.1 Å². The second kappa shape index (κ2) is 7.66. The summed E-state index contributed by atoms with van der Waals surface area (Å²) in [5, 5.41) is 0.396. The van der Waals surface area contributed by atoms with Crippen LogP contribution < -0.4 is 10.3 Å². The van der Waals surface area contributed by atoms with E-state index in [1.165, 1.54) is 29.2 Å². The highest BCUT2D eigenvalue weighted by atomic mass is 79.9. The molecule has 7 heteroatoms. The van der Waals surface area contributed by atoms with Crippen LogP contribution in [0.1, 0.15) is 27.7 Å². The van der Waals surface area contributed by atoms with E-state index in [1.54, 1.807) is 30.0 Å². The van der Waals surface area contributed by atoms with Crippen molar-refractivity contribution in [2.75, 3.05) is 11.2 Å². The number of amides is 1. The van der Waals surface area contributed by atoms with Crippen LogP contribution >= 0.6 is 27.7 Å². The number of rotatable bonds is 3. The predicted octanol–water partition coefficient (Wildman–Crippen LogP) is 6.17. The van der Waals surface area contributed by atoms with Crippen LogP contribution in [0.25, 0.3) is 11.0 Å². The highest BCUT2D eigenvalue weighted by molar-refractivity contribution is 9.10. The zero-order chi connectivity index (χ0) is 21.7. The van der Waals surface area contributed by atoms with Gasteiger partial charge in [0.05, 0.1) is 17.0 Å². The molecule has 1 aliphatic rings. The molecule has 0 fully saturated rings. The van der Waals surface area contributed by atoms with Gasteiger partial charge in [-0.15, -0.1) is 11.8 Å². The van der Waals surface area contributed by atoms with Gasteiger partial charge in [-0.2, -0.15) is 0 Å². The summed E-state index contributed by atoms with van der Waals surface area (Å²) in [7, 11) is 0. The maximum absolute atomic E-state index is 13.5. The lowest BCUT2D eigenvalue weighted by Gasteiger charge is -2.25. The van der Waals surface area contributed by atoms with Gasteiger partial charge in [0.25, 0.3) is 5.91 Å². The van der Waals surface area contributed by atoms with Crippen molar-refractivity contribution in [2.24, 2.45) is 0 Å². The van der Waals surface area contributed by atoms with Crippen LogP contribution in [0.3, 0.4) is 0 Å². The van der Waals surface area contributed by atoms with E-state index in [9.17, 15) is 14.0 Å². The first-order valence-electron chi connectivity index (χ1n) is 9.47. The smallest absolute Gasteiger partial charge is 0.295 e. The standard InChI is InChI=1S/C24H15BrFNO3S/c1-31-17-9-2-13(3-10-17)21-20-22(28)18-12-14(25)4-11-19(18)30-23(20)24(29)27(21)16-7-5-15(26)6-8-16/h2-12,21H,1H3. The lowest BCUT2D eigenvalue weighted by Crippen LogP contribution is -2.29. The molecule has 0 saturated heterocycles. The number of halogens is 2. The van der Waals surface area contributed by atoms with E-state index in [0.717, 1.165) is 14.9 Å². The minimum atomic E-state index is -0.677. The maximum Gasteiger partial charge on any atom is 0.295 e. The quantitative estimate of drug-likeness (QED) is 0.319. The van der Waals surface area contributed by atoms with Crippen LogP contribution in [0.2, 0.25) is 0 Å². The van der Waals surface area contributed by atoms with E-state index < -0.39 is 17.8 Å². The van der Waals surface area contributed by atoms with Crippen LogP contribution in [0.5, 0.6) is 0 Å². The topological polar surface area (TPSA) is 50.5 Å². The van der Waals surface area contributed by atoms with Crippen LogP contribution in [-0.2, 0) is 0 Å². The van der Waals surface area contributed by atoms with Gasteiger partial charge in [-0.3, -0.25) is 14.5 Å². The van der Waals surface area contributed by atoms with Crippen molar-refractivity contribution in [3.63, 3.8) is 0 Å². The zero-order valence-corrected chi connectivity index (χ0v) is 18.7. The van der Waals surface area contributed by atoms with Crippen LogP contribution in [0.4, 0.5) is 10.1 Å². The first-order valence-corrected chi connectivity index (χ1v) is 11.5. The summed E-state index contributed by atoms with van der Waals surface area (Å²) in [6, 6.07) is 17.8. The minimum absolute atomic E-state index is 0.0168. The van der Waals surface area contributed by atoms with Gasteiger partial charge in [0.15, 0.2) is 5.43 Å². The first-order chi connectivity index (χ1) is 15.0. The molecule has 1 aromatic heterocycles. The molecule has 0 aliphatic carbocycles. The number of benzene rings is 3. The SMILES string of the molecule is CSc1ccc(C2c3c(oc4ccc(Br)cc4c3=O)C(=O)N2c2ccc(F)cc2)cc1. The van der Waals surface area contributed by atoms with E-state index in [0.29, 0.717) is 16.7 Å². The fourth-order valence-corrected chi connectivity index (χ4v) is 4.68. The van der Waals surface area contributed by atoms with Gasteiger partial charge in [0, 0.05) is 15.1 Å². The summed E-state index contributed by atoms with van der Waals surface area (Å²) in [6.45, 7) is 0. The van der Waals surface area contributed by atoms with Gasteiger partial charge < -0.3 is 4.42 Å². The average molecular weight is 496 g/mol. The van der Waals surface area contributed by atoms with Crippen molar-refractivity contribution < 1.29 is 13.6 Å². The molecule has 1 amide bonds. The summed E-state index contributed by atoms with van der Waals surface area (Å²) >= 11 is 5.00. The minimum Gasteiger partial charge on any atom is -0.450 e. The van der Waals surface area contributed by atoms with Gasteiger partial charge >= 0.3 is 0 Å². The molecular weight excluding hydrogens is 481 g/mol. The Kier molecular flexibility index (Phi) is 4.95. The highest BCUT2D eigenvalue weighted by Crippen LogP contribution is 2.41. The molecule has 5 rings (SSSR count). The van der Waals surface area contributed by atoms with Crippen LogP contribution in [-0.4, -0.2) is 12.2 Å². The van der Waals surface area contributed by atoms with Crippen molar-refractivity contribution in [3.05, 3.63) is 104 Å². The number of carbonyl (C=O) groups is 1. The number of hydrogen-bond acceptors (Lipinski definition) is 4. The lowest BCUT2D eigenvalue weighted by molar-refractivity contribution is 0.0971. The van der Waals surface area contributed by atoms with Gasteiger partial charge in [0.2, 0.25) is 5.76 Å². The Bertz CT molecular complexity index is 1380. The van der Waals surface area contributed by atoms with E-state index in [4.69, 9.17) is 4.42 Å². The Balaban J connectivity index is 1.79. The fourth-order valence-electron chi connectivity index (χ4n) is 3.91. The van der Waals surface area contributed by atoms with E-state index in [2.05, 4.69) is 15.9 Å². The molecule has 0 N–H and O–H groups in total. The van der Waals surface area contributed by atoms with Gasteiger partial charge in [-0.05, 0) is 66.4 Å². The molecule has 4 nitrogen and oxygen atoms in total. The normalized spacial score (nSPS) is 15.5. The molecule has 1 atom stereocenters. The zero-order valence-electron chi connectivity index (χ0n) is 16.3. The first kappa shape index (κ1) is 20.0. The Labute approximate surface area is 189 Å². The third-order valence-corrected chi connectivity index (χ3v) is 6.61. The summed E-state index contributed by atoms with van der Waals surface area (Å²) in [5.41, 5.74) is 1.64. The van der Waals surface area contributed by atoms with E-state index in [1.807, 2.05) is 30.5 Å². The second-order valence-electron chi connectivity index (χ2n) is 7.14. The molecule has 31 heavy (non-hydrogen) atoms. The van der Waals surface area contributed by atoms with Gasteiger partial charge in [0.1, 0.15) is 11.4 Å². The summed E-state index contributed by atoms with van der Waals surface area (Å²) < 4.78 is 20.2. The van der Waals surface area contributed by atoms with Crippen molar-refractivity contribution in [1.29, 1.82) is 0 Å². The Morgan fingerprint density at radius 1 is 1.00 bits per heavy atom. The molecule has 0 bridgehead atoms. The summed E-state index contributed by atoms with van der Waals surface area (Å²) in [6.07, 6.45) is 1.98. The number of fused-ring (bicyclic) bond motifs is 2. The van der Waals surface area contributed by atoms with Crippen LogP contribution in [0.15, 0.2) is 85.3 Å². The molecule has 0 spiro atoms. The fraction of sp³-hybridized carbons (Fsp3) is 0.0833. The highest BCUT2D eigenvalue weighted by Gasteiger charge is 2.43. The second-order valence-corrected chi connectivity index (χ2v) is 8.94. The summed E-state index contributed by atoms with van der Waals surface area (Å²) in [4.78, 5) is 29.5. The molecule has 2 heterocycles. The van der Waals surface area contributed by atoms with Crippen molar-refractivity contribution in [1.82, 2.24) is 0 Å². The Morgan fingerprint density at radius 3 is 2.39 bits per heavy atom. The monoisotopic (exact) mass is 495 g/mol. The van der Waals surface area contributed by atoms with Crippen molar-refractivity contribution >= 4 is 50.3 Å². The molecule has 154 valence electrons. The molecular formula is C24H15BrFNO3S. The molecule has 4 aromatic rings. The van der Waals surface area contributed by atoms with E-state index >= 15 is 0 Å². The lowest BCUT2D eigenvalue weighted by atomic mass is 9.98. The third kappa shape index (κ3) is 3.28. The Hall–Kier alpha value is -2.90. The van der Waals surface area contributed by atoms with E-state index in [-0.39, 0.29) is 16.8 Å². The summed E-state index contributed by atoms with van der Waals surface area (Å²) in [5.74, 6) is -0.816. The molecule has 0 saturated carbocycles. The van der Waals surface area contributed by atoms with Crippen molar-refractivity contribution in [2.45, 2.75) is 10.9 Å². The maximum atomic E-state index is 13.5. The molecule has 0 radical (unpaired) electrons. The number of thioether (sulfide) groups is 1. The average Bonchev–Trinajstić information content (AvgIpc) is 3.07. The number of carbonyl (C=O) groups excluding carboxylic acids is 1. The largest absolute Gasteiger partial charge is 0.450 e. The predicted molar refractivity (Wildman–Crippen MR) is 123 cm³/mol. The molecule has 1 aliphatic heterocycles. The number of hydrogen-bond donors (Lipinski definition) is 0. The van der Waals surface area contributed by atoms with Crippen LogP contribution in [0, 0.1) is 5.82 Å². The van der Waals surface area contributed by atoms with Crippen molar-refractivity contribution in [3.8, 4) is 0 Å². The number of nitrogens with zero attached hydrogens (tertiary/aromatic N) is 1.